The van der Waals surface area contributed by atoms with Gasteiger partial charge < -0.3 is 9.47 Å². The van der Waals surface area contributed by atoms with Crippen LogP contribution in [0.4, 0.5) is 22.0 Å². The molecule has 4 aromatic rings. The van der Waals surface area contributed by atoms with E-state index in [2.05, 4.69) is 16.6 Å². The van der Waals surface area contributed by atoms with Gasteiger partial charge in [-0.3, -0.25) is 4.98 Å². The summed E-state index contributed by atoms with van der Waals surface area (Å²) in [6.45, 7) is 2.82. The van der Waals surface area contributed by atoms with Gasteiger partial charge in [-0.25, -0.2) is 8.78 Å². The number of hydrogen-bond donors (Lipinski definition) is 0. The number of unbranched alkanes of at least 4 members (excludes halogenated alkanes) is 3. The van der Waals surface area contributed by atoms with E-state index in [0.29, 0.717) is 34.3 Å². The third kappa shape index (κ3) is 7.21. The Hall–Kier alpha value is -3.68. The molecule has 200 valence electrons. The number of fused-ring (bicyclic) bond motifs is 1. The Bertz CT molecular complexity index is 1370. The van der Waals surface area contributed by atoms with Crippen LogP contribution in [0.15, 0.2) is 66.9 Å². The highest BCUT2D eigenvalue weighted by atomic mass is 19.4. The number of rotatable bonds is 11. The number of aromatic nitrogens is 1. The second kappa shape index (κ2) is 12.2. The van der Waals surface area contributed by atoms with Crippen molar-refractivity contribution in [2.24, 2.45) is 0 Å². The Balaban J connectivity index is 1.41. The summed E-state index contributed by atoms with van der Waals surface area (Å²) in [4.78, 5) is 4.49. The van der Waals surface area contributed by atoms with E-state index in [1.54, 1.807) is 24.4 Å². The van der Waals surface area contributed by atoms with E-state index >= 15 is 4.39 Å². The van der Waals surface area contributed by atoms with Gasteiger partial charge in [-0.05, 0) is 66.1 Å². The monoisotopic (exact) mass is 529 g/mol. The Morgan fingerprint density at radius 1 is 0.842 bits per heavy atom. The lowest BCUT2D eigenvalue weighted by Gasteiger charge is -2.11. The smallest absolute Gasteiger partial charge is 0.492 e. The van der Waals surface area contributed by atoms with E-state index in [0.717, 1.165) is 36.2 Å². The van der Waals surface area contributed by atoms with Gasteiger partial charge in [0, 0.05) is 10.9 Å². The first kappa shape index (κ1) is 27.4. The molecular weight excluding hydrogens is 501 g/mol. The molecule has 0 N–H and O–H groups in total. The molecule has 0 saturated heterocycles. The molecule has 1 aromatic heterocycles. The minimum Gasteiger partial charge on any atom is -0.492 e. The zero-order valence-corrected chi connectivity index (χ0v) is 21.0. The van der Waals surface area contributed by atoms with Crippen LogP contribution in [0.25, 0.3) is 22.0 Å². The van der Waals surface area contributed by atoms with Crippen molar-refractivity contribution in [2.75, 3.05) is 6.61 Å². The maximum absolute atomic E-state index is 15.2. The van der Waals surface area contributed by atoms with Crippen LogP contribution in [-0.2, 0) is 12.8 Å². The van der Waals surface area contributed by atoms with E-state index in [1.165, 1.54) is 18.9 Å². The molecule has 0 radical (unpaired) electrons. The number of nitrogens with zero attached hydrogens (tertiary/aromatic N) is 1. The normalized spacial score (nSPS) is 11.6. The van der Waals surface area contributed by atoms with Gasteiger partial charge in [0.15, 0.2) is 11.6 Å². The number of alkyl halides is 3. The minimum atomic E-state index is -4.97. The number of ether oxygens (including phenoxy) is 2. The molecule has 0 aliphatic rings. The summed E-state index contributed by atoms with van der Waals surface area (Å²) in [6.07, 6.45) is 1.74. The molecular formula is C30H28F5NO2. The Kier molecular flexibility index (Phi) is 8.81. The van der Waals surface area contributed by atoms with Crippen molar-refractivity contribution >= 4 is 10.8 Å². The van der Waals surface area contributed by atoms with Gasteiger partial charge in [-0.2, -0.15) is 0 Å². The van der Waals surface area contributed by atoms with Crippen molar-refractivity contribution in [1.82, 2.24) is 4.98 Å². The van der Waals surface area contributed by atoms with Crippen LogP contribution in [0.1, 0.15) is 43.7 Å². The first-order valence-corrected chi connectivity index (χ1v) is 12.6. The molecule has 3 aromatic carbocycles. The van der Waals surface area contributed by atoms with Gasteiger partial charge in [0.05, 0.1) is 18.5 Å². The number of pyridine rings is 1. The number of aryl methyl sites for hydroxylation is 2. The predicted molar refractivity (Wildman–Crippen MR) is 137 cm³/mol. The zero-order valence-electron chi connectivity index (χ0n) is 21.0. The van der Waals surface area contributed by atoms with Gasteiger partial charge in [-0.1, -0.05) is 56.5 Å². The van der Waals surface area contributed by atoms with Crippen molar-refractivity contribution in [3.05, 3.63) is 89.6 Å². The largest absolute Gasteiger partial charge is 0.573 e. The van der Waals surface area contributed by atoms with Crippen molar-refractivity contribution in [3.8, 4) is 22.8 Å². The standard InChI is InChI=1S/C30H28F5NO2/c1-2-3-4-5-16-37-24-12-14-27(36-19-24)23-11-13-25-22(18-23)10-9-21(29(25)32)8-6-20-7-15-28(26(31)17-20)38-30(33,34)35/h7,9-15,17-19H,2-6,8,16H2,1H3. The highest BCUT2D eigenvalue weighted by molar-refractivity contribution is 5.88. The van der Waals surface area contributed by atoms with E-state index in [-0.39, 0.29) is 18.7 Å². The molecule has 4 rings (SSSR count). The van der Waals surface area contributed by atoms with Gasteiger partial charge >= 0.3 is 6.36 Å². The first-order chi connectivity index (χ1) is 18.2. The fraction of sp³-hybridized carbons (Fsp3) is 0.300. The van der Waals surface area contributed by atoms with Crippen molar-refractivity contribution in [1.29, 1.82) is 0 Å². The molecule has 1 heterocycles. The molecule has 3 nitrogen and oxygen atoms in total. The Labute approximate surface area is 218 Å². The molecule has 8 heteroatoms. The molecule has 0 atom stereocenters. The van der Waals surface area contributed by atoms with Crippen molar-refractivity contribution < 1.29 is 31.4 Å². The van der Waals surface area contributed by atoms with Crippen LogP contribution in [0.5, 0.6) is 11.5 Å². The summed E-state index contributed by atoms with van der Waals surface area (Å²) in [5, 5.41) is 1.15. The molecule has 0 aliphatic heterocycles. The summed E-state index contributed by atoms with van der Waals surface area (Å²) >= 11 is 0. The quantitative estimate of drug-likeness (QED) is 0.144. The lowest BCUT2D eigenvalue weighted by atomic mass is 9.98. The van der Waals surface area contributed by atoms with Crippen LogP contribution in [-0.4, -0.2) is 18.0 Å². The lowest BCUT2D eigenvalue weighted by molar-refractivity contribution is -0.275. The van der Waals surface area contributed by atoms with Crippen LogP contribution >= 0.6 is 0 Å². The fourth-order valence-electron chi connectivity index (χ4n) is 4.23. The van der Waals surface area contributed by atoms with E-state index in [9.17, 15) is 17.6 Å². The molecule has 0 bridgehead atoms. The van der Waals surface area contributed by atoms with E-state index in [1.807, 2.05) is 24.3 Å². The van der Waals surface area contributed by atoms with Crippen LogP contribution in [0, 0.1) is 11.6 Å². The second-order valence-electron chi connectivity index (χ2n) is 9.08. The predicted octanol–water partition coefficient (Wildman–Crippen LogP) is 8.82. The van der Waals surface area contributed by atoms with Crippen molar-refractivity contribution in [3.63, 3.8) is 0 Å². The summed E-state index contributed by atoms with van der Waals surface area (Å²) in [6, 6.07) is 15.8. The van der Waals surface area contributed by atoms with Crippen LogP contribution in [0.3, 0.4) is 0 Å². The number of halogens is 5. The van der Waals surface area contributed by atoms with Gasteiger partial charge in [0.2, 0.25) is 0 Å². The summed E-state index contributed by atoms with van der Waals surface area (Å²) in [7, 11) is 0. The van der Waals surface area contributed by atoms with Crippen LogP contribution in [0.2, 0.25) is 0 Å². The summed E-state index contributed by atoms with van der Waals surface area (Å²) in [5.41, 5.74) is 2.46. The van der Waals surface area contributed by atoms with Gasteiger partial charge in [0.1, 0.15) is 11.6 Å². The highest BCUT2D eigenvalue weighted by Gasteiger charge is 2.32. The molecule has 0 aliphatic carbocycles. The number of hydrogen-bond acceptors (Lipinski definition) is 3. The summed E-state index contributed by atoms with van der Waals surface area (Å²) in [5.74, 6) is -1.69. The topological polar surface area (TPSA) is 31.4 Å². The second-order valence-corrected chi connectivity index (χ2v) is 9.08. The molecule has 0 spiro atoms. The average molecular weight is 530 g/mol. The van der Waals surface area contributed by atoms with Gasteiger partial charge in [0.25, 0.3) is 0 Å². The third-order valence-corrected chi connectivity index (χ3v) is 6.24. The summed E-state index contributed by atoms with van der Waals surface area (Å²) < 4.78 is 75.6. The molecule has 0 saturated carbocycles. The molecule has 0 amide bonds. The SMILES string of the molecule is CCCCCCOc1ccc(-c2ccc3c(F)c(CCc4ccc(OC(F)(F)F)c(F)c4)ccc3c2)nc1. The number of benzene rings is 3. The van der Waals surface area contributed by atoms with Crippen molar-refractivity contribution in [2.45, 2.75) is 51.8 Å². The Morgan fingerprint density at radius 2 is 1.68 bits per heavy atom. The highest BCUT2D eigenvalue weighted by Crippen LogP contribution is 2.29. The molecule has 0 unspecified atom stereocenters. The third-order valence-electron chi connectivity index (χ3n) is 6.24. The lowest BCUT2D eigenvalue weighted by Crippen LogP contribution is -2.18. The minimum absolute atomic E-state index is 0.251. The van der Waals surface area contributed by atoms with Gasteiger partial charge in [-0.15, -0.1) is 13.2 Å². The maximum atomic E-state index is 15.2. The maximum Gasteiger partial charge on any atom is 0.573 e. The van der Waals surface area contributed by atoms with Crippen LogP contribution < -0.4 is 9.47 Å². The zero-order chi connectivity index (χ0) is 27.1. The fourth-order valence-corrected chi connectivity index (χ4v) is 4.23. The molecule has 0 fully saturated rings. The first-order valence-electron chi connectivity index (χ1n) is 12.6. The molecule has 38 heavy (non-hydrogen) atoms. The Morgan fingerprint density at radius 3 is 2.39 bits per heavy atom. The van der Waals surface area contributed by atoms with E-state index in [4.69, 9.17) is 4.74 Å². The average Bonchev–Trinajstić information content (AvgIpc) is 2.89. The van der Waals surface area contributed by atoms with E-state index < -0.39 is 17.9 Å².